The molecule has 4 aliphatic carbocycles. The molecule has 1 aliphatic heterocycles. The molecule has 0 spiro atoms. The minimum Gasteiger partial charge on any atom is -0.481 e. The summed E-state index contributed by atoms with van der Waals surface area (Å²) in [6.07, 6.45) is 7.03. The molecule has 2 bridgehead atoms. The average molecular weight is 644 g/mol. The van der Waals surface area contributed by atoms with Gasteiger partial charge in [0.25, 0.3) is 0 Å². The summed E-state index contributed by atoms with van der Waals surface area (Å²) >= 11 is 0. The van der Waals surface area contributed by atoms with E-state index in [0.29, 0.717) is 50.5 Å². The van der Waals surface area contributed by atoms with Gasteiger partial charge < -0.3 is 24.6 Å². The van der Waals surface area contributed by atoms with Crippen LogP contribution in [0.1, 0.15) is 108 Å². The average Bonchev–Trinajstić information content (AvgIpc) is 2.95. The first-order valence-corrected chi connectivity index (χ1v) is 17.9. The van der Waals surface area contributed by atoms with Crippen LogP contribution in [0.25, 0.3) is 0 Å². The Labute approximate surface area is 277 Å². The number of carbonyl (C=O) groups is 3. The first kappa shape index (κ1) is 35.4. The number of ether oxygens (including phenoxy) is 3. The maximum absolute atomic E-state index is 13.3. The zero-order chi connectivity index (χ0) is 34.0. The van der Waals surface area contributed by atoms with Crippen LogP contribution < -0.4 is 5.32 Å². The predicted molar refractivity (Wildman–Crippen MR) is 177 cm³/mol. The smallest absolute Gasteiger partial charge is 0.307 e. The van der Waals surface area contributed by atoms with Gasteiger partial charge in [0, 0.05) is 31.2 Å². The van der Waals surface area contributed by atoms with E-state index >= 15 is 0 Å². The molecule has 1 amide bonds. The number of hydrogen-bond donors (Lipinski definition) is 2. The van der Waals surface area contributed by atoms with Gasteiger partial charge in [-0.25, -0.2) is 0 Å². The molecule has 8 nitrogen and oxygen atoms in total. The number of nitrogens with one attached hydrogen (secondary N) is 1. The summed E-state index contributed by atoms with van der Waals surface area (Å²) in [5.74, 6) is -0.0910. The van der Waals surface area contributed by atoms with Gasteiger partial charge in [-0.05, 0) is 84.4 Å². The van der Waals surface area contributed by atoms with Crippen LogP contribution in [0.4, 0.5) is 0 Å². The highest BCUT2D eigenvalue weighted by molar-refractivity contribution is 5.73. The fourth-order valence-electron chi connectivity index (χ4n) is 11.8. The molecule has 2 N–H and O–H groups in total. The second-order valence-corrected chi connectivity index (χ2v) is 17.5. The number of carboxylic acid groups (broad SMARTS) is 1. The fraction of sp³-hybridized carbons (Fsp3) is 0.868. The molecule has 0 radical (unpaired) electrons. The normalized spacial score (nSPS) is 44.5. The zero-order valence-corrected chi connectivity index (χ0v) is 30.2. The largest absolute Gasteiger partial charge is 0.481 e. The molecular weight excluding hydrogens is 582 g/mol. The van der Waals surface area contributed by atoms with E-state index in [1.807, 2.05) is 0 Å². The van der Waals surface area contributed by atoms with E-state index in [9.17, 15) is 19.5 Å². The minimum absolute atomic E-state index is 0.0613. The summed E-state index contributed by atoms with van der Waals surface area (Å²) in [6.45, 7) is 23.1. The Morgan fingerprint density at radius 3 is 2.33 bits per heavy atom. The van der Waals surface area contributed by atoms with E-state index in [0.717, 1.165) is 32.1 Å². The summed E-state index contributed by atoms with van der Waals surface area (Å²) in [7, 11) is 0. The third-order valence-corrected chi connectivity index (χ3v) is 14.6. The number of hydrogen-bond acceptors (Lipinski definition) is 6. The van der Waals surface area contributed by atoms with Gasteiger partial charge in [-0.15, -0.1) is 0 Å². The number of rotatable bonds is 9. The lowest BCUT2D eigenvalue weighted by molar-refractivity contribution is -0.268. The molecule has 0 aromatic heterocycles. The standard InChI is InChI=1S/C38H61NO7/c1-22(2)24(4)34(7)15-16-36(9)27-11-12-30-35(8)20-44-21-38(30,28(27)13-14-37(36,10)31(34)33(42)43)17-29(46-26(6)41)32(35)45-19-23(3)18-39-25(5)40/h13,22-24,27,29-32H,11-12,14-21H2,1-10H3,(H,39,40)(H,42,43)/t23-,24-,27+,29-,30?,31-,32+,34-,35-,36-,37+,38+/m1/s1. The van der Waals surface area contributed by atoms with Crippen LogP contribution in [0.2, 0.25) is 0 Å². The van der Waals surface area contributed by atoms with Crippen molar-refractivity contribution in [1.29, 1.82) is 0 Å². The molecule has 46 heavy (non-hydrogen) atoms. The van der Waals surface area contributed by atoms with E-state index in [4.69, 9.17) is 14.2 Å². The van der Waals surface area contributed by atoms with Crippen molar-refractivity contribution in [3.8, 4) is 0 Å². The number of aliphatic carboxylic acids is 1. The van der Waals surface area contributed by atoms with E-state index in [2.05, 4.69) is 66.8 Å². The molecule has 1 saturated heterocycles. The molecule has 3 saturated carbocycles. The van der Waals surface area contributed by atoms with Crippen molar-refractivity contribution in [2.75, 3.05) is 26.4 Å². The Morgan fingerprint density at radius 2 is 1.72 bits per heavy atom. The maximum Gasteiger partial charge on any atom is 0.307 e. The molecule has 12 atom stereocenters. The Kier molecular flexibility index (Phi) is 9.38. The summed E-state index contributed by atoms with van der Waals surface area (Å²) < 4.78 is 19.4. The maximum atomic E-state index is 13.3. The SMILES string of the molecule is CC(=O)NC[C@@H](C)CO[C@H]1[C@H](OC(C)=O)C[C@@]23COC[C@]1(C)C2CC[C@H]1C3=CC[C@@]2(C)[C@H](C(=O)O)[C@@](C)([C@H](C)C(C)C)CC[C@]12C. The lowest BCUT2D eigenvalue weighted by Gasteiger charge is -2.71. The van der Waals surface area contributed by atoms with Gasteiger partial charge >= 0.3 is 11.9 Å². The van der Waals surface area contributed by atoms with Crippen molar-refractivity contribution in [2.24, 2.45) is 62.6 Å². The summed E-state index contributed by atoms with van der Waals surface area (Å²) in [6, 6.07) is 0. The van der Waals surface area contributed by atoms with Crippen molar-refractivity contribution in [1.82, 2.24) is 5.32 Å². The molecule has 8 heteroatoms. The van der Waals surface area contributed by atoms with E-state index in [1.165, 1.54) is 19.4 Å². The van der Waals surface area contributed by atoms with Crippen LogP contribution >= 0.6 is 0 Å². The second-order valence-electron chi connectivity index (χ2n) is 17.5. The van der Waals surface area contributed by atoms with Gasteiger partial charge in [0.15, 0.2) is 0 Å². The molecule has 1 heterocycles. The summed E-state index contributed by atoms with van der Waals surface area (Å²) in [4.78, 5) is 37.4. The zero-order valence-electron chi connectivity index (χ0n) is 30.2. The molecule has 1 unspecified atom stereocenters. The van der Waals surface area contributed by atoms with Crippen LogP contribution in [0.5, 0.6) is 0 Å². The number of fused-ring (bicyclic) bond motifs is 3. The van der Waals surface area contributed by atoms with Crippen LogP contribution in [-0.4, -0.2) is 61.5 Å². The van der Waals surface area contributed by atoms with Gasteiger partial charge in [-0.3, -0.25) is 14.4 Å². The molecule has 5 aliphatic rings. The van der Waals surface area contributed by atoms with E-state index < -0.39 is 18.0 Å². The highest BCUT2D eigenvalue weighted by atomic mass is 16.6. The topological polar surface area (TPSA) is 111 Å². The molecule has 260 valence electrons. The Morgan fingerprint density at radius 1 is 1.02 bits per heavy atom. The second kappa shape index (κ2) is 12.2. The first-order chi connectivity index (χ1) is 21.4. The van der Waals surface area contributed by atoms with Gasteiger partial charge in [-0.1, -0.05) is 67.0 Å². The highest BCUT2D eigenvalue weighted by Gasteiger charge is 2.72. The van der Waals surface area contributed by atoms with Crippen molar-refractivity contribution in [2.45, 2.75) is 120 Å². The number of amides is 1. The lowest BCUT2D eigenvalue weighted by atomic mass is 9.34. The van der Waals surface area contributed by atoms with Crippen molar-refractivity contribution < 1.29 is 33.7 Å². The van der Waals surface area contributed by atoms with Crippen LogP contribution in [-0.2, 0) is 28.6 Å². The van der Waals surface area contributed by atoms with Gasteiger partial charge in [0.1, 0.15) is 12.2 Å². The van der Waals surface area contributed by atoms with Crippen LogP contribution in [0.3, 0.4) is 0 Å². The van der Waals surface area contributed by atoms with Crippen molar-refractivity contribution in [3.05, 3.63) is 11.6 Å². The number of esters is 1. The number of carbonyl (C=O) groups excluding carboxylic acids is 2. The van der Waals surface area contributed by atoms with Crippen molar-refractivity contribution in [3.63, 3.8) is 0 Å². The third kappa shape index (κ3) is 5.27. The Bertz CT molecular complexity index is 1250. The fourth-order valence-corrected chi connectivity index (χ4v) is 11.8. The van der Waals surface area contributed by atoms with Gasteiger partial charge in [-0.2, -0.15) is 0 Å². The van der Waals surface area contributed by atoms with Gasteiger partial charge in [0.05, 0.1) is 25.7 Å². The quantitative estimate of drug-likeness (QED) is 0.213. The Balaban J connectivity index is 1.53. The highest BCUT2D eigenvalue weighted by Crippen LogP contribution is 2.75. The van der Waals surface area contributed by atoms with Gasteiger partial charge in [0.2, 0.25) is 5.91 Å². The van der Waals surface area contributed by atoms with E-state index in [1.54, 1.807) is 0 Å². The molecule has 0 aromatic carbocycles. The van der Waals surface area contributed by atoms with Crippen LogP contribution in [0.15, 0.2) is 11.6 Å². The van der Waals surface area contributed by atoms with Crippen LogP contribution in [0, 0.1) is 62.6 Å². The monoisotopic (exact) mass is 643 g/mol. The predicted octanol–water partition coefficient (Wildman–Crippen LogP) is 6.66. The third-order valence-electron chi connectivity index (χ3n) is 14.6. The molecule has 4 fully saturated rings. The summed E-state index contributed by atoms with van der Waals surface area (Å²) in [5.41, 5.74) is -0.0623. The first-order valence-electron chi connectivity index (χ1n) is 17.9. The molecular formula is C38H61NO7. The molecule has 0 aromatic rings. The van der Waals surface area contributed by atoms with E-state index in [-0.39, 0.29) is 56.9 Å². The minimum atomic E-state index is -0.652. The number of allylic oxidation sites excluding steroid dienone is 1. The summed E-state index contributed by atoms with van der Waals surface area (Å²) in [5, 5.41) is 13.8. The Hall–Kier alpha value is -1.93. The lowest BCUT2D eigenvalue weighted by Crippen LogP contribution is -2.70. The number of carboxylic acids is 1. The van der Waals surface area contributed by atoms with Crippen molar-refractivity contribution >= 4 is 17.8 Å². The molecule has 5 rings (SSSR count).